The topological polar surface area (TPSA) is 112 Å². The van der Waals surface area contributed by atoms with E-state index in [0.29, 0.717) is 23.5 Å². The molecule has 0 spiro atoms. The smallest absolute Gasteiger partial charge is 0.335 e. The van der Waals surface area contributed by atoms with Gasteiger partial charge < -0.3 is 21.1 Å². The van der Waals surface area contributed by atoms with Crippen LogP contribution in [-0.2, 0) is 0 Å². The SMILES string of the molecule is O=C(O)c1ccc(Nc2nc(Nc3ccccc3)nc(Nc3ccccc3)n2)cc1. The predicted octanol–water partition coefficient (Wildman–Crippen LogP) is 4.80. The van der Waals surface area contributed by atoms with Gasteiger partial charge in [0.1, 0.15) is 0 Å². The zero-order chi connectivity index (χ0) is 20.8. The average molecular weight is 398 g/mol. The van der Waals surface area contributed by atoms with Gasteiger partial charge in [-0.15, -0.1) is 0 Å². The molecule has 1 heterocycles. The summed E-state index contributed by atoms with van der Waals surface area (Å²) in [6, 6.07) is 25.5. The Morgan fingerprint density at radius 3 is 1.30 bits per heavy atom. The largest absolute Gasteiger partial charge is 0.478 e. The molecule has 4 aromatic rings. The number of carboxylic acids is 1. The van der Waals surface area contributed by atoms with E-state index in [2.05, 4.69) is 30.9 Å². The van der Waals surface area contributed by atoms with Gasteiger partial charge >= 0.3 is 5.97 Å². The first kappa shape index (κ1) is 18.9. The van der Waals surface area contributed by atoms with E-state index < -0.39 is 5.97 Å². The molecule has 4 N–H and O–H groups in total. The summed E-state index contributed by atoms with van der Waals surface area (Å²) in [5, 5.41) is 18.5. The Bertz CT molecular complexity index is 1080. The van der Waals surface area contributed by atoms with E-state index in [-0.39, 0.29) is 5.56 Å². The average Bonchev–Trinajstić information content (AvgIpc) is 2.75. The summed E-state index contributed by atoms with van der Waals surface area (Å²) >= 11 is 0. The van der Waals surface area contributed by atoms with Gasteiger partial charge in [-0.3, -0.25) is 0 Å². The van der Waals surface area contributed by atoms with E-state index >= 15 is 0 Å². The summed E-state index contributed by atoms with van der Waals surface area (Å²) in [5.41, 5.74) is 2.54. The number of carbonyl (C=O) groups is 1. The highest BCUT2D eigenvalue weighted by Crippen LogP contribution is 2.21. The molecule has 0 aliphatic heterocycles. The summed E-state index contributed by atoms with van der Waals surface area (Å²) in [6.45, 7) is 0. The van der Waals surface area contributed by atoms with Crippen LogP contribution in [0.3, 0.4) is 0 Å². The second kappa shape index (κ2) is 8.70. The Hall–Kier alpha value is -4.46. The molecule has 0 aliphatic rings. The molecule has 0 saturated carbocycles. The normalized spacial score (nSPS) is 10.3. The van der Waals surface area contributed by atoms with Gasteiger partial charge in [0.05, 0.1) is 5.56 Å². The maximum atomic E-state index is 11.0. The second-order valence-corrected chi connectivity index (χ2v) is 6.30. The quantitative estimate of drug-likeness (QED) is 0.351. The first-order chi connectivity index (χ1) is 14.7. The van der Waals surface area contributed by atoms with Crippen LogP contribution in [0.25, 0.3) is 0 Å². The van der Waals surface area contributed by atoms with E-state index in [1.165, 1.54) is 12.1 Å². The minimum Gasteiger partial charge on any atom is -0.478 e. The van der Waals surface area contributed by atoms with E-state index in [0.717, 1.165) is 11.4 Å². The third-order valence-corrected chi connectivity index (χ3v) is 4.08. The Balaban J connectivity index is 1.62. The van der Waals surface area contributed by atoms with Crippen LogP contribution in [0.2, 0.25) is 0 Å². The molecule has 30 heavy (non-hydrogen) atoms. The van der Waals surface area contributed by atoms with Gasteiger partial charge in [-0.1, -0.05) is 36.4 Å². The van der Waals surface area contributed by atoms with Gasteiger partial charge in [-0.05, 0) is 48.5 Å². The van der Waals surface area contributed by atoms with E-state index in [1.54, 1.807) is 12.1 Å². The fourth-order valence-electron chi connectivity index (χ4n) is 2.67. The maximum absolute atomic E-state index is 11.0. The van der Waals surface area contributed by atoms with Crippen LogP contribution in [0.1, 0.15) is 10.4 Å². The van der Waals surface area contributed by atoms with Crippen molar-refractivity contribution < 1.29 is 9.90 Å². The van der Waals surface area contributed by atoms with E-state index in [4.69, 9.17) is 5.11 Å². The van der Waals surface area contributed by atoms with E-state index in [1.807, 2.05) is 60.7 Å². The first-order valence-corrected chi connectivity index (χ1v) is 9.16. The molecule has 0 amide bonds. The molecule has 0 bridgehead atoms. The zero-order valence-electron chi connectivity index (χ0n) is 15.8. The van der Waals surface area contributed by atoms with Crippen molar-refractivity contribution in [1.29, 1.82) is 0 Å². The number of rotatable bonds is 7. The zero-order valence-corrected chi connectivity index (χ0v) is 15.8. The molecule has 0 saturated heterocycles. The van der Waals surface area contributed by atoms with Crippen LogP contribution in [0.15, 0.2) is 84.9 Å². The maximum Gasteiger partial charge on any atom is 0.335 e. The van der Waals surface area contributed by atoms with Crippen molar-refractivity contribution >= 4 is 40.9 Å². The number of aromatic nitrogens is 3. The molecule has 1 aromatic heterocycles. The van der Waals surface area contributed by atoms with Gasteiger partial charge in [0.2, 0.25) is 17.8 Å². The van der Waals surface area contributed by atoms with Crippen molar-refractivity contribution in [3.05, 3.63) is 90.5 Å². The van der Waals surface area contributed by atoms with Crippen molar-refractivity contribution in [3.63, 3.8) is 0 Å². The summed E-state index contributed by atoms with van der Waals surface area (Å²) in [5.74, 6) is 0.0499. The van der Waals surface area contributed by atoms with Crippen molar-refractivity contribution in [2.75, 3.05) is 16.0 Å². The fourth-order valence-corrected chi connectivity index (χ4v) is 2.67. The van der Waals surface area contributed by atoms with Gasteiger partial charge in [-0.25, -0.2) is 4.79 Å². The molecule has 148 valence electrons. The van der Waals surface area contributed by atoms with Gasteiger partial charge in [-0.2, -0.15) is 15.0 Å². The summed E-state index contributed by atoms with van der Waals surface area (Å²) < 4.78 is 0. The number of anilines is 6. The molecule has 0 fully saturated rings. The monoisotopic (exact) mass is 398 g/mol. The highest BCUT2D eigenvalue weighted by atomic mass is 16.4. The van der Waals surface area contributed by atoms with Crippen molar-refractivity contribution in [2.45, 2.75) is 0 Å². The lowest BCUT2D eigenvalue weighted by Gasteiger charge is -2.11. The fraction of sp³-hybridized carbons (Fsp3) is 0. The highest BCUT2D eigenvalue weighted by molar-refractivity contribution is 5.88. The number of nitrogens with zero attached hydrogens (tertiary/aromatic N) is 3. The summed E-state index contributed by atoms with van der Waals surface area (Å²) in [4.78, 5) is 24.3. The third kappa shape index (κ3) is 4.87. The lowest BCUT2D eigenvalue weighted by Crippen LogP contribution is -2.07. The van der Waals surface area contributed by atoms with E-state index in [9.17, 15) is 4.79 Å². The molecule has 0 unspecified atom stereocenters. The lowest BCUT2D eigenvalue weighted by atomic mass is 10.2. The molecular formula is C22H18N6O2. The van der Waals surface area contributed by atoms with Crippen LogP contribution in [0.4, 0.5) is 34.9 Å². The Morgan fingerprint density at radius 2 is 0.933 bits per heavy atom. The molecule has 0 radical (unpaired) electrons. The molecule has 0 atom stereocenters. The molecule has 8 heteroatoms. The van der Waals surface area contributed by atoms with Crippen molar-refractivity contribution in [1.82, 2.24) is 15.0 Å². The molecule has 3 aromatic carbocycles. The number of nitrogens with one attached hydrogen (secondary N) is 3. The Kier molecular flexibility index (Phi) is 5.47. The minimum absolute atomic E-state index is 0.203. The second-order valence-electron chi connectivity index (χ2n) is 6.30. The lowest BCUT2D eigenvalue weighted by molar-refractivity contribution is 0.0697. The number of hydrogen-bond acceptors (Lipinski definition) is 7. The molecular weight excluding hydrogens is 380 g/mol. The number of carboxylic acid groups (broad SMARTS) is 1. The number of benzene rings is 3. The first-order valence-electron chi connectivity index (χ1n) is 9.16. The molecule has 4 rings (SSSR count). The van der Waals surface area contributed by atoms with Crippen LogP contribution in [-0.4, -0.2) is 26.0 Å². The number of aromatic carboxylic acids is 1. The van der Waals surface area contributed by atoms with Crippen LogP contribution in [0.5, 0.6) is 0 Å². The van der Waals surface area contributed by atoms with Crippen LogP contribution in [0, 0.1) is 0 Å². The van der Waals surface area contributed by atoms with Crippen LogP contribution >= 0.6 is 0 Å². The minimum atomic E-state index is -0.981. The van der Waals surface area contributed by atoms with Gasteiger partial charge in [0, 0.05) is 17.1 Å². The summed E-state index contributed by atoms with van der Waals surface area (Å²) in [6.07, 6.45) is 0. The molecule has 0 aliphatic carbocycles. The molecule has 8 nitrogen and oxygen atoms in total. The van der Waals surface area contributed by atoms with Gasteiger partial charge in [0.25, 0.3) is 0 Å². The van der Waals surface area contributed by atoms with Crippen molar-refractivity contribution in [3.8, 4) is 0 Å². The third-order valence-electron chi connectivity index (χ3n) is 4.08. The Morgan fingerprint density at radius 1 is 0.567 bits per heavy atom. The van der Waals surface area contributed by atoms with Crippen molar-refractivity contribution in [2.24, 2.45) is 0 Å². The highest BCUT2D eigenvalue weighted by Gasteiger charge is 2.09. The van der Waals surface area contributed by atoms with Gasteiger partial charge in [0.15, 0.2) is 0 Å². The number of para-hydroxylation sites is 2. The Labute approximate surface area is 172 Å². The van der Waals surface area contributed by atoms with Crippen LogP contribution < -0.4 is 16.0 Å². The predicted molar refractivity (Wildman–Crippen MR) is 116 cm³/mol. The standard InChI is InChI=1S/C22H18N6O2/c29-19(30)15-11-13-18(14-12-15)25-22-27-20(23-16-7-3-1-4-8-16)26-21(28-22)24-17-9-5-2-6-10-17/h1-14H,(H,29,30)(H3,23,24,25,26,27,28). The number of hydrogen-bond donors (Lipinski definition) is 4. The summed E-state index contributed by atoms with van der Waals surface area (Å²) in [7, 11) is 0.